The molecule has 38 heavy (non-hydrogen) atoms. The minimum absolute atomic E-state index is 0.0807. The first-order valence-electron chi connectivity index (χ1n) is 12.0. The van der Waals surface area contributed by atoms with Gasteiger partial charge in [-0.1, -0.05) is 34.5 Å². The van der Waals surface area contributed by atoms with Crippen LogP contribution in [0.2, 0.25) is 0 Å². The predicted molar refractivity (Wildman–Crippen MR) is 150 cm³/mol. The molecule has 1 aromatic rings. The maximum atomic E-state index is 13.9. The first-order chi connectivity index (χ1) is 17.9. The summed E-state index contributed by atoms with van der Waals surface area (Å²) in [6, 6.07) is 1.55. The number of methoxy groups -OCH3 is 1. The minimum atomic E-state index is -1.95. The molecule has 2 aliphatic carbocycles. The summed E-state index contributed by atoms with van der Waals surface area (Å²) in [5.41, 5.74) is 0.998. The van der Waals surface area contributed by atoms with Gasteiger partial charge in [0.1, 0.15) is 0 Å². The Hall–Kier alpha value is -1.14. The van der Waals surface area contributed by atoms with E-state index < -0.39 is 45.2 Å². The Morgan fingerprint density at radius 1 is 1.08 bits per heavy atom. The molecule has 13 heteroatoms. The number of alkyl halides is 3. The standard InChI is InChI=1S/C25H23Br3Cl2N2O6/c1-3-6-31-20(34)11-5-4-10-13(15(11)21(31)35)8-24(29)22(36)32(9-26)23(37)25(24,30)16(10)12-7-14(38-2)19(33)18(28)17(12)27/h4,7,11,13,15-16,33H,3,5-6,8-9H2,1-2H3/t11-,13+,15-,16+,24+,25-/m0/s1. The van der Waals surface area contributed by atoms with Gasteiger partial charge in [-0.25, -0.2) is 0 Å². The fourth-order valence-corrected chi connectivity index (χ4v) is 8.96. The first kappa shape index (κ1) is 28.4. The van der Waals surface area contributed by atoms with Crippen LogP contribution in [-0.2, 0) is 19.2 Å². The minimum Gasteiger partial charge on any atom is -0.503 e. The van der Waals surface area contributed by atoms with Gasteiger partial charge in [0.2, 0.25) is 11.8 Å². The molecule has 0 spiro atoms. The van der Waals surface area contributed by atoms with Crippen LogP contribution in [0, 0.1) is 17.8 Å². The predicted octanol–water partition coefficient (Wildman–Crippen LogP) is 5.05. The van der Waals surface area contributed by atoms with E-state index in [0.717, 1.165) is 4.90 Å². The monoisotopic (exact) mass is 754 g/mol. The molecule has 204 valence electrons. The van der Waals surface area contributed by atoms with Gasteiger partial charge >= 0.3 is 0 Å². The van der Waals surface area contributed by atoms with Crippen LogP contribution in [-0.4, -0.2) is 67.4 Å². The van der Waals surface area contributed by atoms with Crippen molar-refractivity contribution in [3.8, 4) is 11.5 Å². The van der Waals surface area contributed by atoms with Crippen molar-refractivity contribution in [2.24, 2.45) is 17.8 Å². The van der Waals surface area contributed by atoms with Crippen molar-refractivity contribution < 1.29 is 29.0 Å². The van der Waals surface area contributed by atoms with Gasteiger partial charge in [-0.3, -0.25) is 29.0 Å². The highest BCUT2D eigenvalue weighted by Gasteiger charge is 2.76. The highest BCUT2D eigenvalue weighted by atomic mass is 79.9. The molecule has 6 atom stereocenters. The van der Waals surface area contributed by atoms with Crippen molar-refractivity contribution in [3.63, 3.8) is 0 Å². The Balaban J connectivity index is 1.78. The number of ether oxygens (including phenoxy) is 1. The molecular formula is C25H23Br3Cl2N2O6. The lowest BCUT2D eigenvalue weighted by Crippen LogP contribution is -2.60. The lowest BCUT2D eigenvalue weighted by atomic mass is 9.56. The molecule has 0 bridgehead atoms. The topological polar surface area (TPSA) is 104 Å². The number of amides is 4. The number of aromatic hydroxyl groups is 1. The van der Waals surface area contributed by atoms with Crippen molar-refractivity contribution >= 4 is 94.6 Å². The fraction of sp³-hybridized carbons (Fsp3) is 0.520. The Morgan fingerprint density at radius 2 is 1.76 bits per heavy atom. The van der Waals surface area contributed by atoms with Crippen LogP contribution >= 0.6 is 71.0 Å². The maximum absolute atomic E-state index is 13.9. The molecule has 8 nitrogen and oxygen atoms in total. The number of benzene rings is 1. The Bertz CT molecular complexity index is 1320. The summed E-state index contributed by atoms with van der Waals surface area (Å²) in [5, 5.41) is 10.6. The quantitative estimate of drug-likeness (QED) is 0.195. The van der Waals surface area contributed by atoms with Gasteiger partial charge in [0.05, 0.1) is 28.9 Å². The van der Waals surface area contributed by atoms with E-state index in [1.54, 1.807) is 6.07 Å². The number of hydrogen-bond acceptors (Lipinski definition) is 6. The largest absolute Gasteiger partial charge is 0.503 e. The molecule has 2 saturated heterocycles. The number of carbonyl (C=O) groups excluding carboxylic acids is 4. The molecule has 0 unspecified atom stereocenters. The summed E-state index contributed by atoms with van der Waals surface area (Å²) < 4.78 is 6.03. The average molecular weight is 758 g/mol. The lowest BCUT2D eigenvalue weighted by Gasteiger charge is -2.51. The first-order valence-corrected chi connectivity index (χ1v) is 15.5. The summed E-state index contributed by atoms with van der Waals surface area (Å²) in [6.45, 7) is 2.20. The van der Waals surface area contributed by atoms with Gasteiger partial charge in [-0.2, -0.15) is 0 Å². The third-order valence-electron chi connectivity index (χ3n) is 8.26. The number of hydrogen-bond donors (Lipinski definition) is 1. The molecule has 0 aromatic heterocycles. The SMILES string of the molecule is CCCN1C(=O)[C@H]2[C@H](CC=C3[C@H]2C[C@@]2(Cl)C(=O)N(CBr)C(=O)[C@@]2(Cl)[C@H]3c2cc(OC)c(O)c(Br)c2Br)C1=O. The normalized spacial score (nSPS) is 34.3. The second kappa shape index (κ2) is 9.75. The van der Waals surface area contributed by atoms with Crippen LogP contribution in [0.15, 0.2) is 26.7 Å². The summed E-state index contributed by atoms with van der Waals surface area (Å²) >= 11 is 24.6. The van der Waals surface area contributed by atoms with Crippen molar-refractivity contribution in [2.75, 3.05) is 19.1 Å². The number of allylic oxidation sites excluding steroid dienone is 2. The smallest absolute Gasteiger partial charge is 0.254 e. The zero-order valence-electron chi connectivity index (χ0n) is 20.3. The molecule has 1 N–H and O–H groups in total. The van der Waals surface area contributed by atoms with Gasteiger partial charge < -0.3 is 9.84 Å². The highest BCUT2D eigenvalue weighted by Crippen LogP contribution is 2.66. The number of likely N-dealkylation sites (tertiary alicyclic amines) is 2. The molecule has 1 saturated carbocycles. The number of carbonyl (C=O) groups is 4. The van der Waals surface area contributed by atoms with Gasteiger partial charge in [-0.15, -0.1) is 23.2 Å². The van der Waals surface area contributed by atoms with Gasteiger partial charge in [0, 0.05) is 16.9 Å². The van der Waals surface area contributed by atoms with Crippen molar-refractivity contribution in [2.45, 2.75) is 41.9 Å². The molecular weight excluding hydrogens is 735 g/mol. The highest BCUT2D eigenvalue weighted by molar-refractivity contribution is 9.13. The van der Waals surface area contributed by atoms with Crippen LogP contribution in [0.25, 0.3) is 0 Å². The Kier molecular flexibility index (Phi) is 7.28. The summed E-state index contributed by atoms with van der Waals surface area (Å²) in [4.78, 5) is 52.8. The maximum Gasteiger partial charge on any atom is 0.254 e. The van der Waals surface area contributed by atoms with Crippen molar-refractivity contribution in [1.29, 1.82) is 0 Å². The third kappa shape index (κ3) is 3.50. The fourth-order valence-electron chi connectivity index (χ4n) is 6.59. The molecule has 5 rings (SSSR count). The van der Waals surface area contributed by atoms with Gasteiger partial charge in [0.15, 0.2) is 21.2 Å². The second-order valence-corrected chi connectivity index (χ2v) is 13.3. The van der Waals surface area contributed by atoms with E-state index in [9.17, 15) is 24.3 Å². The van der Waals surface area contributed by atoms with E-state index in [1.165, 1.54) is 12.0 Å². The summed E-state index contributed by atoms with van der Waals surface area (Å²) in [5.74, 6) is -4.80. The van der Waals surface area contributed by atoms with Crippen LogP contribution in [0.5, 0.6) is 11.5 Å². The van der Waals surface area contributed by atoms with Crippen LogP contribution in [0.4, 0.5) is 0 Å². The number of phenolic OH excluding ortho intramolecular Hbond substituents is 1. The van der Waals surface area contributed by atoms with E-state index in [0.29, 0.717) is 35.0 Å². The number of rotatable bonds is 5. The Labute approximate surface area is 254 Å². The van der Waals surface area contributed by atoms with E-state index in [2.05, 4.69) is 47.8 Å². The van der Waals surface area contributed by atoms with Crippen LogP contribution < -0.4 is 4.74 Å². The molecule has 4 aliphatic rings. The zero-order chi connectivity index (χ0) is 27.9. The number of fused-ring (bicyclic) bond motifs is 4. The van der Waals surface area contributed by atoms with E-state index >= 15 is 0 Å². The number of halogens is 5. The molecule has 0 radical (unpaired) electrons. The van der Waals surface area contributed by atoms with E-state index in [1.807, 2.05) is 13.0 Å². The van der Waals surface area contributed by atoms with Crippen LogP contribution in [0.1, 0.15) is 37.7 Å². The van der Waals surface area contributed by atoms with Gasteiger partial charge in [0.25, 0.3) is 11.8 Å². The lowest BCUT2D eigenvalue weighted by molar-refractivity contribution is -0.141. The number of nitrogens with zero attached hydrogens (tertiary/aromatic N) is 2. The number of imide groups is 2. The summed E-state index contributed by atoms with van der Waals surface area (Å²) in [6.07, 6.45) is 2.70. The van der Waals surface area contributed by atoms with Gasteiger partial charge in [-0.05, 0) is 68.7 Å². The molecule has 4 amide bonds. The molecule has 2 aliphatic heterocycles. The Morgan fingerprint density at radius 3 is 2.37 bits per heavy atom. The van der Waals surface area contributed by atoms with Crippen LogP contribution in [0.3, 0.4) is 0 Å². The number of phenols is 1. The molecule has 1 aromatic carbocycles. The van der Waals surface area contributed by atoms with Crippen molar-refractivity contribution in [3.05, 3.63) is 32.2 Å². The van der Waals surface area contributed by atoms with E-state index in [4.69, 9.17) is 27.9 Å². The molecule has 3 fully saturated rings. The molecule has 2 heterocycles. The van der Waals surface area contributed by atoms with Crippen molar-refractivity contribution in [1.82, 2.24) is 9.80 Å². The third-order valence-corrected chi connectivity index (χ3v) is 12.3. The van der Waals surface area contributed by atoms with E-state index in [-0.39, 0.29) is 39.7 Å². The average Bonchev–Trinajstić information content (AvgIpc) is 3.22. The zero-order valence-corrected chi connectivity index (χ0v) is 26.5. The second-order valence-electron chi connectivity index (χ2n) is 9.96. The summed E-state index contributed by atoms with van der Waals surface area (Å²) in [7, 11) is 1.39.